The van der Waals surface area contributed by atoms with Crippen molar-refractivity contribution in [2.75, 3.05) is 62.3 Å². The van der Waals surface area contributed by atoms with Crippen molar-refractivity contribution in [2.45, 2.75) is 39.2 Å². The van der Waals surface area contributed by atoms with Crippen LogP contribution in [0.15, 0.2) is 42.5 Å². The van der Waals surface area contributed by atoms with Crippen molar-refractivity contribution in [3.63, 3.8) is 0 Å². The second kappa shape index (κ2) is 13.4. The van der Waals surface area contributed by atoms with Gasteiger partial charge in [0.2, 0.25) is 10.0 Å². The fourth-order valence-electron chi connectivity index (χ4n) is 4.46. The average molecular weight is 546 g/mol. The number of pyridine rings is 1. The van der Waals surface area contributed by atoms with Gasteiger partial charge in [-0.15, -0.1) is 0 Å². The molecule has 10 heteroatoms. The normalized spacial score (nSPS) is 17.8. The highest BCUT2D eigenvalue weighted by Gasteiger charge is 2.34. The zero-order chi connectivity index (χ0) is 27.9. The molecule has 3 rings (SSSR count). The number of aliphatic hydroxyl groups is 1. The number of sulfonamides is 1. The van der Waals surface area contributed by atoms with Gasteiger partial charge in [0.05, 0.1) is 18.9 Å². The Morgan fingerprint density at radius 2 is 1.79 bits per heavy atom. The monoisotopic (exact) mass is 545 g/mol. The number of anilines is 2. The minimum atomic E-state index is -3.61. The lowest BCUT2D eigenvalue weighted by atomic mass is 10.1. The van der Waals surface area contributed by atoms with E-state index in [2.05, 4.69) is 22.0 Å². The lowest BCUT2D eigenvalue weighted by Gasteiger charge is -2.28. The Balaban J connectivity index is 1.97. The Hall–Kier alpha value is -2.69. The molecule has 0 saturated heterocycles. The highest BCUT2D eigenvalue weighted by molar-refractivity contribution is 7.92. The number of hydrogen-bond acceptors (Lipinski definition) is 7. The number of nitrogens with zero attached hydrogens (tertiary/aromatic N) is 4. The van der Waals surface area contributed by atoms with Gasteiger partial charge in [-0.2, -0.15) is 0 Å². The summed E-state index contributed by atoms with van der Waals surface area (Å²) >= 11 is 0. The maximum absolute atomic E-state index is 13.5. The Bertz CT molecular complexity index is 1160. The number of carbonyl (C=O) groups excluding carboxylic acids is 1. The molecule has 0 spiro atoms. The van der Waals surface area contributed by atoms with E-state index in [0.717, 1.165) is 31.3 Å². The summed E-state index contributed by atoms with van der Waals surface area (Å²) < 4.78 is 26.6. The van der Waals surface area contributed by atoms with Crippen LogP contribution in [0.1, 0.15) is 42.6 Å². The summed E-state index contributed by atoms with van der Waals surface area (Å²) in [4.78, 5) is 22.5. The molecule has 3 atom stereocenters. The van der Waals surface area contributed by atoms with Gasteiger partial charge in [0.25, 0.3) is 5.91 Å². The second-order valence-corrected chi connectivity index (χ2v) is 12.6. The Morgan fingerprint density at radius 1 is 1.13 bits per heavy atom. The van der Waals surface area contributed by atoms with Crippen LogP contribution in [0.4, 0.5) is 11.6 Å². The minimum Gasteiger partial charge on any atom is -0.394 e. The van der Waals surface area contributed by atoms with Crippen LogP contribution in [-0.2, 0) is 16.4 Å². The predicted molar refractivity (Wildman–Crippen MR) is 153 cm³/mol. The molecule has 1 aromatic heterocycles. The Kier molecular flexibility index (Phi) is 10.5. The van der Waals surface area contributed by atoms with E-state index in [0.29, 0.717) is 42.6 Å². The topological polar surface area (TPSA) is 106 Å². The van der Waals surface area contributed by atoms with Crippen molar-refractivity contribution in [3.05, 3.63) is 53.6 Å². The molecule has 2 unspecified atom stereocenters. The van der Waals surface area contributed by atoms with Crippen LogP contribution in [0, 0.1) is 11.8 Å². The first-order valence-electron chi connectivity index (χ1n) is 13.4. The number of carbonyl (C=O) groups is 1. The SMILES string of the molecule is CCCN(c1cc(C(=O)N[C@H](CO)Cc2ccccc2)cc(N(CCN(C)C)CC2CC2C)n1)S(C)(=O)=O. The third-order valence-corrected chi connectivity index (χ3v) is 8.07. The van der Waals surface area contributed by atoms with Crippen LogP contribution in [-0.4, -0.2) is 88.5 Å². The highest BCUT2D eigenvalue weighted by Crippen LogP contribution is 2.39. The molecule has 2 N–H and O–H groups in total. The minimum absolute atomic E-state index is 0.217. The third-order valence-electron chi connectivity index (χ3n) is 6.90. The van der Waals surface area contributed by atoms with Crippen molar-refractivity contribution >= 4 is 27.6 Å². The first-order chi connectivity index (χ1) is 18.0. The number of nitrogens with one attached hydrogen (secondary N) is 1. The fraction of sp³-hybridized carbons (Fsp3) is 0.571. The zero-order valence-corrected chi connectivity index (χ0v) is 24.1. The molecule has 1 aliphatic rings. The highest BCUT2D eigenvalue weighted by atomic mass is 32.2. The molecule has 0 bridgehead atoms. The third kappa shape index (κ3) is 8.68. The van der Waals surface area contributed by atoms with Gasteiger partial charge in [-0.1, -0.05) is 44.2 Å². The van der Waals surface area contributed by atoms with E-state index >= 15 is 0 Å². The molecule has 2 aromatic rings. The molecule has 0 aliphatic heterocycles. The number of amides is 1. The summed E-state index contributed by atoms with van der Waals surface area (Å²) in [5.41, 5.74) is 1.32. The van der Waals surface area contributed by atoms with Gasteiger partial charge in [-0.05, 0) is 62.9 Å². The fourth-order valence-corrected chi connectivity index (χ4v) is 5.41. The zero-order valence-electron chi connectivity index (χ0n) is 23.3. The van der Waals surface area contributed by atoms with E-state index in [-0.39, 0.29) is 24.9 Å². The quantitative estimate of drug-likeness (QED) is 0.354. The molecule has 1 saturated carbocycles. The van der Waals surface area contributed by atoms with Crippen LogP contribution in [0.2, 0.25) is 0 Å². The predicted octanol–water partition coefficient (Wildman–Crippen LogP) is 2.62. The Labute approximate surface area is 227 Å². The number of likely N-dealkylation sites (N-methyl/N-ethyl adjacent to an activating group) is 1. The van der Waals surface area contributed by atoms with E-state index in [4.69, 9.17) is 4.98 Å². The van der Waals surface area contributed by atoms with Gasteiger partial charge in [0.1, 0.15) is 11.6 Å². The summed E-state index contributed by atoms with van der Waals surface area (Å²) in [5, 5.41) is 12.9. The summed E-state index contributed by atoms with van der Waals surface area (Å²) in [5.74, 6) is 1.63. The lowest BCUT2D eigenvalue weighted by Crippen LogP contribution is -2.40. The summed E-state index contributed by atoms with van der Waals surface area (Å²) in [7, 11) is 0.412. The van der Waals surface area contributed by atoms with Crippen molar-refractivity contribution < 1.29 is 18.3 Å². The molecule has 38 heavy (non-hydrogen) atoms. The van der Waals surface area contributed by atoms with E-state index in [1.165, 1.54) is 10.4 Å². The van der Waals surface area contributed by atoms with E-state index in [1.54, 1.807) is 6.07 Å². The van der Waals surface area contributed by atoms with Crippen molar-refractivity contribution in [2.24, 2.45) is 11.8 Å². The largest absolute Gasteiger partial charge is 0.394 e. The number of aliphatic hydroxyl groups excluding tert-OH is 1. The van der Waals surface area contributed by atoms with Gasteiger partial charge in [0, 0.05) is 31.7 Å². The molecule has 1 aliphatic carbocycles. The molecule has 1 aromatic carbocycles. The number of hydrogen-bond donors (Lipinski definition) is 2. The molecular weight excluding hydrogens is 502 g/mol. The van der Waals surface area contributed by atoms with Crippen LogP contribution < -0.4 is 14.5 Å². The van der Waals surface area contributed by atoms with Gasteiger partial charge < -0.3 is 20.2 Å². The summed E-state index contributed by atoms with van der Waals surface area (Å²) in [6.07, 6.45) is 3.39. The molecule has 1 heterocycles. The molecule has 1 fully saturated rings. The van der Waals surface area contributed by atoms with Gasteiger partial charge in [0.15, 0.2) is 0 Å². The molecule has 210 valence electrons. The summed E-state index contributed by atoms with van der Waals surface area (Å²) in [6, 6.07) is 12.5. The van der Waals surface area contributed by atoms with Crippen molar-refractivity contribution in [1.82, 2.24) is 15.2 Å². The van der Waals surface area contributed by atoms with Crippen molar-refractivity contribution in [1.29, 1.82) is 0 Å². The average Bonchev–Trinajstić information content (AvgIpc) is 3.58. The van der Waals surface area contributed by atoms with Gasteiger partial charge in [-0.3, -0.25) is 9.10 Å². The van der Waals surface area contributed by atoms with Crippen LogP contribution in [0.25, 0.3) is 0 Å². The molecule has 9 nitrogen and oxygen atoms in total. The summed E-state index contributed by atoms with van der Waals surface area (Å²) in [6.45, 7) is 6.48. The molecular formula is C28H43N5O4S. The van der Waals surface area contributed by atoms with Crippen LogP contribution in [0.3, 0.4) is 0 Å². The van der Waals surface area contributed by atoms with E-state index < -0.39 is 16.1 Å². The van der Waals surface area contributed by atoms with Crippen LogP contribution in [0.5, 0.6) is 0 Å². The first kappa shape index (κ1) is 29.9. The maximum atomic E-state index is 13.5. The van der Waals surface area contributed by atoms with Crippen molar-refractivity contribution in [3.8, 4) is 0 Å². The molecule has 1 amide bonds. The number of aromatic nitrogens is 1. The maximum Gasteiger partial charge on any atom is 0.251 e. The smallest absolute Gasteiger partial charge is 0.251 e. The first-order valence-corrected chi connectivity index (χ1v) is 15.2. The number of rotatable bonds is 15. The second-order valence-electron chi connectivity index (χ2n) is 10.7. The van der Waals surface area contributed by atoms with E-state index in [9.17, 15) is 18.3 Å². The Morgan fingerprint density at radius 3 is 2.34 bits per heavy atom. The van der Waals surface area contributed by atoms with Gasteiger partial charge >= 0.3 is 0 Å². The lowest BCUT2D eigenvalue weighted by molar-refractivity contribution is 0.0916. The van der Waals surface area contributed by atoms with Gasteiger partial charge in [-0.25, -0.2) is 13.4 Å². The van der Waals surface area contributed by atoms with E-state index in [1.807, 2.05) is 51.4 Å². The number of benzene rings is 1. The van der Waals surface area contributed by atoms with Crippen LogP contribution >= 0.6 is 0 Å². The standard InChI is InChI=1S/C28H43N5O4S/c1-6-12-33(38(5,36)37)27-18-23(28(35)29-25(20-34)16-22-10-8-7-9-11-22)17-26(30-27)32(14-13-31(3)4)19-24-15-21(24)2/h7-11,17-18,21,24-25,34H,6,12-16,19-20H2,1-5H3,(H,29,35)/t21?,24?,25-/m0/s1. The molecule has 0 radical (unpaired) electrons.